The summed E-state index contributed by atoms with van der Waals surface area (Å²) in [6.07, 6.45) is 2.77. The second kappa shape index (κ2) is 7.55. The maximum atomic E-state index is 12.7. The van der Waals surface area contributed by atoms with Gasteiger partial charge in [0.05, 0.1) is 13.3 Å². The number of benzene rings is 2. The molecule has 29 heavy (non-hydrogen) atoms. The van der Waals surface area contributed by atoms with E-state index in [0.29, 0.717) is 17.1 Å². The molecule has 144 valence electrons. The Morgan fingerprint density at radius 2 is 1.97 bits per heavy atom. The molecule has 0 saturated heterocycles. The predicted molar refractivity (Wildman–Crippen MR) is 112 cm³/mol. The summed E-state index contributed by atoms with van der Waals surface area (Å²) in [6, 6.07) is 16.9. The fourth-order valence-corrected chi connectivity index (χ4v) is 3.23. The molecule has 0 atom stereocenters. The molecule has 7 heteroatoms. The van der Waals surface area contributed by atoms with Crippen LogP contribution in [0.2, 0.25) is 0 Å². The number of nitrogens with one attached hydrogen (secondary N) is 1. The number of methoxy groups -OCH3 is 1. The van der Waals surface area contributed by atoms with E-state index in [1.54, 1.807) is 32.2 Å². The SMILES string of the molecule is COc1ccc2ccccc2c1/C=N/NC(=O)c1cnc2cccc(C)n2c1=O. The van der Waals surface area contributed by atoms with Crippen LogP contribution in [0.5, 0.6) is 5.75 Å². The third-order valence-electron chi connectivity index (χ3n) is 4.68. The quantitative estimate of drug-likeness (QED) is 0.432. The molecule has 0 aliphatic carbocycles. The molecule has 0 unspecified atom stereocenters. The van der Waals surface area contributed by atoms with Crippen molar-refractivity contribution in [3.8, 4) is 5.75 Å². The van der Waals surface area contributed by atoms with Gasteiger partial charge in [0.25, 0.3) is 11.5 Å². The highest BCUT2D eigenvalue weighted by molar-refractivity contribution is 6.03. The largest absolute Gasteiger partial charge is 0.496 e. The third kappa shape index (κ3) is 3.34. The normalized spacial score (nSPS) is 11.2. The monoisotopic (exact) mass is 386 g/mol. The molecule has 1 N–H and O–H groups in total. The van der Waals surface area contributed by atoms with Gasteiger partial charge in [0.1, 0.15) is 17.0 Å². The summed E-state index contributed by atoms with van der Waals surface area (Å²) < 4.78 is 6.80. The molecule has 2 aromatic carbocycles. The lowest BCUT2D eigenvalue weighted by molar-refractivity contribution is 0.0953. The number of amides is 1. The molecule has 0 radical (unpaired) electrons. The highest BCUT2D eigenvalue weighted by Gasteiger charge is 2.14. The van der Waals surface area contributed by atoms with Crippen molar-refractivity contribution in [3.05, 3.63) is 88.0 Å². The zero-order valence-corrected chi connectivity index (χ0v) is 15.9. The van der Waals surface area contributed by atoms with E-state index >= 15 is 0 Å². The van der Waals surface area contributed by atoms with Crippen molar-refractivity contribution in [2.75, 3.05) is 7.11 Å². The van der Waals surface area contributed by atoms with Gasteiger partial charge < -0.3 is 4.74 Å². The zero-order chi connectivity index (χ0) is 20.4. The number of rotatable bonds is 4. The molecule has 0 aliphatic rings. The second-order valence-electron chi connectivity index (χ2n) is 6.44. The Kier molecular flexibility index (Phi) is 4.78. The average Bonchev–Trinajstić information content (AvgIpc) is 2.74. The summed E-state index contributed by atoms with van der Waals surface area (Å²) in [7, 11) is 1.57. The molecule has 0 bridgehead atoms. The standard InChI is InChI=1S/C22H18N4O3/c1-14-6-5-9-20-23-12-18(22(28)26(14)20)21(27)25-24-13-17-16-8-4-3-7-15(16)10-11-19(17)29-2/h3-13H,1-2H3,(H,25,27)/b24-13+. The number of ether oxygens (including phenoxy) is 1. The second-order valence-corrected chi connectivity index (χ2v) is 6.44. The first-order chi connectivity index (χ1) is 14.1. The van der Waals surface area contributed by atoms with Crippen LogP contribution in [-0.2, 0) is 0 Å². The molecule has 2 aromatic heterocycles. The molecule has 1 amide bonds. The number of hydrazone groups is 1. The Labute approximate surface area is 166 Å². The van der Waals surface area contributed by atoms with Gasteiger partial charge in [0, 0.05) is 17.5 Å². The maximum absolute atomic E-state index is 12.7. The van der Waals surface area contributed by atoms with Gasteiger partial charge in [-0.25, -0.2) is 10.4 Å². The highest BCUT2D eigenvalue weighted by Crippen LogP contribution is 2.26. The number of hydrogen-bond donors (Lipinski definition) is 1. The van der Waals surface area contributed by atoms with E-state index in [1.165, 1.54) is 16.8 Å². The van der Waals surface area contributed by atoms with Crippen LogP contribution in [0.15, 0.2) is 70.7 Å². The molecular weight excluding hydrogens is 368 g/mol. The molecule has 4 rings (SSSR count). The van der Waals surface area contributed by atoms with Gasteiger partial charge in [0.2, 0.25) is 0 Å². The van der Waals surface area contributed by atoms with Gasteiger partial charge in [-0.3, -0.25) is 14.0 Å². The maximum Gasteiger partial charge on any atom is 0.278 e. The number of aromatic nitrogens is 2. The van der Waals surface area contributed by atoms with Crippen molar-refractivity contribution in [1.82, 2.24) is 14.8 Å². The first-order valence-corrected chi connectivity index (χ1v) is 8.96. The van der Waals surface area contributed by atoms with E-state index in [1.807, 2.05) is 36.4 Å². The van der Waals surface area contributed by atoms with Crippen molar-refractivity contribution < 1.29 is 9.53 Å². The summed E-state index contributed by atoms with van der Waals surface area (Å²) in [5, 5.41) is 6.00. The molecule has 0 fully saturated rings. The van der Waals surface area contributed by atoms with Crippen LogP contribution in [0, 0.1) is 6.92 Å². The van der Waals surface area contributed by atoms with Gasteiger partial charge in [-0.15, -0.1) is 0 Å². The summed E-state index contributed by atoms with van der Waals surface area (Å²) in [6.45, 7) is 1.78. The fourth-order valence-electron chi connectivity index (χ4n) is 3.23. The van der Waals surface area contributed by atoms with Crippen LogP contribution in [-0.4, -0.2) is 28.6 Å². The van der Waals surface area contributed by atoms with E-state index in [9.17, 15) is 9.59 Å². The fraction of sp³-hybridized carbons (Fsp3) is 0.0909. The lowest BCUT2D eigenvalue weighted by atomic mass is 10.0. The van der Waals surface area contributed by atoms with Crippen molar-refractivity contribution in [3.63, 3.8) is 0 Å². The number of aryl methyl sites for hydroxylation is 1. The topological polar surface area (TPSA) is 85.1 Å². The van der Waals surface area contributed by atoms with Crippen LogP contribution in [0.25, 0.3) is 16.4 Å². The van der Waals surface area contributed by atoms with E-state index in [2.05, 4.69) is 15.5 Å². The number of carbonyl (C=O) groups excluding carboxylic acids is 1. The minimum Gasteiger partial charge on any atom is -0.496 e. The Morgan fingerprint density at radius 3 is 2.79 bits per heavy atom. The van der Waals surface area contributed by atoms with Crippen LogP contribution in [0.1, 0.15) is 21.6 Å². The van der Waals surface area contributed by atoms with Gasteiger partial charge in [-0.2, -0.15) is 5.10 Å². The lowest BCUT2D eigenvalue weighted by Gasteiger charge is -2.08. The van der Waals surface area contributed by atoms with Crippen molar-refractivity contribution >= 4 is 28.5 Å². The minimum absolute atomic E-state index is 0.0844. The van der Waals surface area contributed by atoms with Crippen LogP contribution < -0.4 is 15.7 Å². The molecule has 0 spiro atoms. The first-order valence-electron chi connectivity index (χ1n) is 8.96. The van der Waals surface area contributed by atoms with Gasteiger partial charge in [0.15, 0.2) is 0 Å². The lowest BCUT2D eigenvalue weighted by Crippen LogP contribution is -2.29. The van der Waals surface area contributed by atoms with E-state index in [4.69, 9.17) is 4.74 Å². The molecule has 0 saturated carbocycles. The highest BCUT2D eigenvalue weighted by atomic mass is 16.5. The minimum atomic E-state index is -0.629. The predicted octanol–water partition coefficient (Wildman–Crippen LogP) is 2.93. The Morgan fingerprint density at radius 1 is 1.14 bits per heavy atom. The number of pyridine rings is 1. The van der Waals surface area contributed by atoms with Crippen LogP contribution in [0.3, 0.4) is 0 Å². The van der Waals surface area contributed by atoms with Crippen LogP contribution in [0.4, 0.5) is 0 Å². The Hall–Kier alpha value is -4.00. The Bertz CT molecular complexity index is 1320. The van der Waals surface area contributed by atoms with Gasteiger partial charge in [-0.1, -0.05) is 36.4 Å². The number of nitrogens with zero attached hydrogens (tertiary/aromatic N) is 3. The van der Waals surface area contributed by atoms with Crippen molar-refractivity contribution in [2.45, 2.75) is 6.92 Å². The molecule has 0 aliphatic heterocycles. The smallest absolute Gasteiger partial charge is 0.278 e. The van der Waals surface area contributed by atoms with Gasteiger partial charge in [-0.05, 0) is 35.9 Å². The van der Waals surface area contributed by atoms with Crippen LogP contribution >= 0.6 is 0 Å². The van der Waals surface area contributed by atoms with E-state index in [0.717, 1.165) is 16.3 Å². The number of carbonyl (C=O) groups is 1. The average molecular weight is 386 g/mol. The summed E-state index contributed by atoms with van der Waals surface area (Å²) in [5.41, 5.74) is 3.79. The molecule has 7 nitrogen and oxygen atoms in total. The van der Waals surface area contributed by atoms with Gasteiger partial charge >= 0.3 is 0 Å². The van der Waals surface area contributed by atoms with E-state index < -0.39 is 11.5 Å². The summed E-state index contributed by atoms with van der Waals surface area (Å²) in [4.78, 5) is 29.4. The molecule has 4 aromatic rings. The summed E-state index contributed by atoms with van der Waals surface area (Å²) in [5.74, 6) is 0.000344. The first kappa shape index (κ1) is 18.4. The molecule has 2 heterocycles. The van der Waals surface area contributed by atoms with Crippen molar-refractivity contribution in [2.24, 2.45) is 5.10 Å². The zero-order valence-electron chi connectivity index (χ0n) is 15.9. The Balaban J connectivity index is 1.66. The number of hydrogen-bond acceptors (Lipinski definition) is 5. The number of fused-ring (bicyclic) bond motifs is 2. The molecular formula is C22H18N4O3. The van der Waals surface area contributed by atoms with Crippen molar-refractivity contribution in [1.29, 1.82) is 0 Å². The van der Waals surface area contributed by atoms with E-state index in [-0.39, 0.29) is 5.56 Å². The summed E-state index contributed by atoms with van der Waals surface area (Å²) >= 11 is 0. The third-order valence-corrected chi connectivity index (χ3v) is 4.68.